The molecule has 4 nitrogen and oxygen atoms in total. The fraction of sp³-hybridized carbons (Fsp3) is 0.333. The first-order valence-electron chi connectivity index (χ1n) is 2.10. The quantitative estimate of drug-likeness (QED) is 0.518. The van der Waals surface area contributed by atoms with Crippen LogP contribution in [0.15, 0.2) is 6.20 Å². The van der Waals surface area contributed by atoms with E-state index in [1.165, 1.54) is 4.45 Å². The Morgan fingerprint density at radius 1 is 1.88 bits per heavy atom. The lowest BCUT2D eigenvalue weighted by Crippen LogP contribution is -1.79. The van der Waals surface area contributed by atoms with Crippen molar-refractivity contribution < 1.29 is 5.11 Å². The van der Waals surface area contributed by atoms with Gasteiger partial charge in [-0.2, -0.15) is 0 Å². The zero-order chi connectivity index (χ0) is 5.98. The van der Waals surface area contributed by atoms with E-state index in [2.05, 4.69) is 19.7 Å². The van der Waals surface area contributed by atoms with Gasteiger partial charge in [0.1, 0.15) is 5.69 Å². The Balaban J connectivity index is 2.84. The highest BCUT2D eigenvalue weighted by Crippen LogP contribution is 1.93. The first-order chi connectivity index (χ1) is 3.83. The van der Waals surface area contributed by atoms with Crippen molar-refractivity contribution in [2.24, 2.45) is 0 Å². The van der Waals surface area contributed by atoms with Crippen molar-refractivity contribution in [1.82, 2.24) is 14.8 Å². The molecular formula is C3H6N3OP. The van der Waals surface area contributed by atoms with E-state index in [0.717, 1.165) is 0 Å². The highest BCUT2D eigenvalue weighted by molar-refractivity contribution is 7.14. The molecule has 1 aromatic heterocycles. The summed E-state index contributed by atoms with van der Waals surface area (Å²) in [6.45, 7) is -0.0472. The molecule has 1 heterocycles. The predicted octanol–water partition coefficient (Wildman–Crippen LogP) is -0.591. The van der Waals surface area contributed by atoms with E-state index in [4.69, 9.17) is 5.11 Å². The van der Waals surface area contributed by atoms with Gasteiger partial charge >= 0.3 is 0 Å². The molecule has 1 aromatic rings. The predicted molar refractivity (Wildman–Crippen MR) is 31.1 cm³/mol. The number of aliphatic hydroxyl groups is 1. The number of hydrogen-bond donors (Lipinski definition) is 1. The number of aliphatic hydroxyl groups excluding tert-OH is 1. The lowest BCUT2D eigenvalue weighted by molar-refractivity contribution is 0.276. The number of aromatic nitrogens is 3. The maximum absolute atomic E-state index is 8.43. The van der Waals surface area contributed by atoms with Crippen LogP contribution in [0.25, 0.3) is 0 Å². The molecule has 1 unspecified atom stereocenters. The lowest BCUT2D eigenvalue weighted by atomic mass is 10.5. The topological polar surface area (TPSA) is 50.9 Å². The molecule has 0 aliphatic heterocycles. The van der Waals surface area contributed by atoms with Crippen molar-refractivity contribution in [3.8, 4) is 0 Å². The van der Waals surface area contributed by atoms with Crippen LogP contribution in [-0.4, -0.2) is 19.9 Å². The van der Waals surface area contributed by atoms with Gasteiger partial charge in [-0.3, -0.25) is 0 Å². The second kappa shape index (κ2) is 2.20. The first kappa shape index (κ1) is 5.66. The Bertz CT molecular complexity index is 175. The molecule has 0 amide bonds. The molecule has 1 rings (SSSR count). The minimum Gasteiger partial charge on any atom is -0.390 e. The standard InChI is InChI=1S/C3H6N3OP/c7-2-3-1-6(8)5-4-3/h1,7H,2,8H2. The van der Waals surface area contributed by atoms with Crippen LogP contribution in [0.5, 0.6) is 0 Å². The highest BCUT2D eigenvalue weighted by atomic mass is 31.0. The Morgan fingerprint density at radius 3 is 2.88 bits per heavy atom. The maximum Gasteiger partial charge on any atom is 0.108 e. The van der Waals surface area contributed by atoms with Gasteiger partial charge in [0.05, 0.1) is 12.8 Å². The van der Waals surface area contributed by atoms with E-state index >= 15 is 0 Å². The molecule has 5 heteroatoms. The molecule has 1 N–H and O–H groups in total. The molecule has 0 saturated carbocycles. The van der Waals surface area contributed by atoms with Crippen molar-refractivity contribution in [3.05, 3.63) is 11.9 Å². The molecule has 0 bridgehead atoms. The summed E-state index contributed by atoms with van der Waals surface area (Å²) in [6.07, 6.45) is 1.63. The minimum atomic E-state index is -0.0472. The molecule has 0 aliphatic rings. The summed E-state index contributed by atoms with van der Waals surface area (Å²) >= 11 is 0. The molecule has 0 fully saturated rings. The van der Waals surface area contributed by atoms with E-state index in [1.807, 2.05) is 0 Å². The Hall–Kier alpha value is -0.470. The van der Waals surface area contributed by atoms with Crippen LogP contribution in [0.4, 0.5) is 0 Å². The molecule has 0 aromatic carbocycles. The van der Waals surface area contributed by atoms with Crippen molar-refractivity contribution in [3.63, 3.8) is 0 Å². The van der Waals surface area contributed by atoms with Crippen molar-refractivity contribution in [1.29, 1.82) is 0 Å². The van der Waals surface area contributed by atoms with E-state index < -0.39 is 0 Å². The van der Waals surface area contributed by atoms with Crippen LogP contribution in [0.1, 0.15) is 5.69 Å². The van der Waals surface area contributed by atoms with Crippen molar-refractivity contribution in [2.45, 2.75) is 6.61 Å². The van der Waals surface area contributed by atoms with Crippen LogP contribution in [0.2, 0.25) is 0 Å². The monoisotopic (exact) mass is 131 g/mol. The fourth-order valence-electron chi connectivity index (χ4n) is 0.386. The van der Waals surface area contributed by atoms with E-state index in [9.17, 15) is 0 Å². The Morgan fingerprint density at radius 2 is 2.62 bits per heavy atom. The Kier molecular flexibility index (Phi) is 1.56. The molecule has 44 valence electrons. The molecule has 0 aliphatic carbocycles. The minimum absolute atomic E-state index is 0.0472. The summed E-state index contributed by atoms with van der Waals surface area (Å²) in [6, 6.07) is 0. The Labute approximate surface area is 48.8 Å². The number of hydrogen-bond acceptors (Lipinski definition) is 3. The van der Waals surface area contributed by atoms with Gasteiger partial charge in [0, 0.05) is 0 Å². The third-order valence-electron chi connectivity index (χ3n) is 0.720. The normalized spacial score (nSPS) is 9.75. The fourth-order valence-corrected chi connectivity index (χ4v) is 0.610. The third kappa shape index (κ3) is 1.02. The second-order valence-electron chi connectivity index (χ2n) is 1.35. The molecular weight excluding hydrogens is 125 g/mol. The van der Waals surface area contributed by atoms with Gasteiger partial charge in [0.15, 0.2) is 0 Å². The van der Waals surface area contributed by atoms with Gasteiger partial charge < -0.3 is 5.11 Å². The molecule has 0 saturated heterocycles. The zero-order valence-corrected chi connectivity index (χ0v) is 5.31. The van der Waals surface area contributed by atoms with Crippen LogP contribution in [0, 0.1) is 0 Å². The van der Waals surface area contributed by atoms with Crippen molar-refractivity contribution in [2.75, 3.05) is 0 Å². The number of nitrogens with zero attached hydrogens (tertiary/aromatic N) is 3. The summed E-state index contributed by atoms with van der Waals surface area (Å²) in [5.41, 5.74) is 0.583. The van der Waals surface area contributed by atoms with Crippen LogP contribution in [-0.2, 0) is 6.61 Å². The molecule has 1 atom stereocenters. The molecule has 8 heavy (non-hydrogen) atoms. The van der Waals surface area contributed by atoms with E-state index in [0.29, 0.717) is 5.69 Å². The summed E-state index contributed by atoms with van der Waals surface area (Å²) in [7, 11) is 2.31. The second-order valence-corrected chi connectivity index (χ2v) is 1.88. The highest BCUT2D eigenvalue weighted by Gasteiger charge is 1.91. The van der Waals surface area contributed by atoms with Gasteiger partial charge in [-0.1, -0.05) is 5.21 Å². The maximum atomic E-state index is 8.43. The average molecular weight is 131 g/mol. The summed E-state index contributed by atoms with van der Waals surface area (Å²) in [5.74, 6) is 0. The van der Waals surface area contributed by atoms with E-state index in [-0.39, 0.29) is 6.61 Å². The average Bonchev–Trinajstić information content (AvgIpc) is 2.14. The first-order valence-corrected chi connectivity index (χ1v) is 2.61. The largest absolute Gasteiger partial charge is 0.390 e. The van der Waals surface area contributed by atoms with E-state index in [1.54, 1.807) is 6.20 Å². The van der Waals surface area contributed by atoms with Crippen molar-refractivity contribution >= 4 is 9.39 Å². The third-order valence-corrected chi connectivity index (χ3v) is 0.972. The van der Waals surface area contributed by atoms with Crippen LogP contribution in [0.3, 0.4) is 0 Å². The summed E-state index contributed by atoms with van der Waals surface area (Å²) in [5, 5.41) is 15.6. The zero-order valence-electron chi connectivity index (χ0n) is 4.15. The number of rotatable bonds is 1. The van der Waals surface area contributed by atoms with Gasteiger partial charge in [-0.05, 0) is 9.39 Å². The summed E-state index contributed by atoms with van der Waals surface area (Å²) < 4.78 is 1.46. The smallest absolute Gasteiger partial charge is 0.108 e. The SMILES string of the molecule is OCc1cn(P)nn1. The van der Waals surface area contributed by atoms with Crippen LogP contribution >= 0.6 is 9.39 Å². The molecule has 0 spiro atoms. The van der Waals surface area contributed by atoms with Gasteiger partial charge in [0.25, 0.3) is 0 Å². The van der Waals surface area contributed by atoms with Gasteiger partial charge in [0.2, 0.25) is 0 Å². The van der Waals surface area contributed by atoms with Crippen LogP contribution < -0.4 is 0 Å². The summed E-state index contributed by atoms with van der Waals surface area (Å²) in [4.78, 5) is 0. The van der Waals surface area contributed by atoms with Gasteiger partial charge in [-0.15, -0.1) is 5.10 Å². The molecule has 0 radical (unpaired) electrons. The lowest BCUT2D eigenvalue weighted by Gasteiger charge is -1.78. The van der Waals surface area contributed by atoms with Gasteiger partial charge in [-0.25, -0.2) is 4.45 Å².